The standard InChI is InChI=1S/C20H21FN2O3S/c1-13(27-12-19(24)22-15-8-6-14(21)7-9-15)20(25)23-17-10-11-26-18-5-3-2-4-16(17)18/h2-9,13,17H,10-12H2,1H3,(H,22,24)(H,23,25)/t13-,17+/m0/s1. The highest BCUT2D eigenvalue weighted by atomic mass is 32.2. The lowest BCUT2D eigenvalue weighted by Crippen LogP contribution is -2.37. The number of carbonyl (C=O) groups excluding carboxylic acids is 2. The van der Waals surface area contributed by atoms with Gasteiger partial charge in [0.2, 0.25) is 11.8 Å². The fraction of sp³-hybridized carbons (Fsp3) is 0.300. The predicted molar refractivity (Wildman–Crippen MR) is 104 cm³/mol. The van der Waals surface area contributed by atoms with E-state index in [-0.39, 0.29) is 34.7 Å². The van der Waals surface area contributed by atoms with Crippen LogP contribution in [0.15, 0.2) is 48.5 Å². The summed E-state index contributed by atoms with van der Waals surface area (Å²) in [5.41, 5.74) is 1.50. The molecule has 1 aliphatic rings. The summed E-state index contributed by atoms with van der Waals surface area (Å²) in [5, 5.41) is 5.35. The average molecular weight is 388 g/mol. The van der Waals surface area contributed by atoms with Crippen LogP contribution < -0.4 is 15.4 Å². The molecule has 2 aromatic carbocycles. The maximum absolute atomic E-state index is 12.9. The SMILES string of the molecule is C[C@H](SCC(=O)Nc1ccc(F)cc1)C(=O)N[C@@H]1CCOc2ccccc21. The van der Waals surface area contributed by atoms with Crippen LogP contribution in [0, 0.1) is 5.82 Å². The zero-order chi connectivity index (χ0) is 19.2. The Morgan fingerprint density at radius 2 is 1.96 bits per heavy atom. The third-order valence-corrected chi connectivity index (χ3v) is 5.38. The number of hydrogen-bond donors (Lipinski definition) is 2. The van der Waals surface area contributed by atoms with Crippen LogP contribution in [-0.4, -0.2) is 29.4 Å². The van der Waals surface area contributed by atoms with Gasteiger partial charge in [0.1, 0.15) is 11.6 Å². The Bertz CT molecular complexity index is 813. The summed E-state index contributed by atoms with van der Waals surface area (Å²) < 4.78 is 18.5. The molecule has 2 N–H and O–H groups in total. The molecule has 3 rings (SSSR count). The topological polar surface area (TPSA) is 67.4 Å². The summed E-state index contributed by atoms with van der Waals surface area (Å²) in [5.74, 6) is 0.227. The quantitative estimate of drug-likeness (QED) is 0.795. The van der Waals surface area contributed by atoms with Gasteiger partial charge in [0.05, 0.1) is 23.7 Å². The van der Waals surface area contributed by atoms with E-state index in [9.17, 15) is 14.0 Å². The minimum absolute atomic E-state index is 0.0847. The van der Waals surface area contributed by atoms with Crippen LogP contribution in [0.5, 0.6) is 5.75 Å². The van der Waals surface area contributed by atoms with E-state index in [0.717, 1.165) is 11.3 Å². The van der Waals surface area contributed by atoms with Crippen molar-refractivity contribution in [3.63, 3.8) is 0 Å². The molecule has 0 saturated heterocycles. The van der Waals surface area contributed by atoms with E-state index in [1.165, 1.54) is 36.0 Å². The van der Waals surface area contributed by atoms with Gasteiger partial charge in [0.25, 0.3) is 0 Å². The Morgan fingerprint density at radius 1 is 1.22 bits per heavy atom. The Hall–Kier alpha value is -2.54. The summed E-state index contributed by atoms with van der Waals surface area (Å²) in [7, 11) is 0. The molecule has 1 heterocycles. The monoisotopic (exact) mass is 388 g/mol. The minimum Gasteiger partial charge on any atom is -0.493 e. The second-order valence-corrected chi connectivity index (χ2v) is 7.57. The molecular weight excluding hydrogens is 367 g/mol. The highest BCUT2D eigenvalue weighted by molar-refractivity contribution is 8.01. The van der Waals surface area contributed by atoms with Crippen LogP contribution in [0.2, 0.25) is 0 Å². The van der Waals surface area contributed by atoms with Crippen LogP contribution in [-0.2, 0) is 9.59 Å². The first kappa shape index (κ1) is 19.2. The number of fused-ring (bicyclic) bond motifs is 1. The van der Waals surface area contributed by atoms with Crippen LogP contribution in [0.25, 0.3) is 0 Å². The van der Waals surface area contributed by atoms with Gasteiger partial charge in [0.15, 0.2) is 0 Å². The minimum atomic E-state index is -0.376. The van der Waals surface area contributed by atoms with Crippen molar-refractivity contribution in [1.82, 2.24) is 5.32 Å². The fourth-order valence-electron chi connectivity index (χ4n) is 2.79. The third-order valence-electron chi connectivity index (χ3n) is 4.24. The molecule has 2 amide bonds. The fourth-order valence-corrected chi connectivity index (χ4v) is 3.48. The van der Waals surface area contributed by atoms with E-state index in [4.69, 9.17) is 4.74 Å². The van der Waals surface area contributed by atoms with E-state index in [0.29, 0.717) is 18.7 Å². The number of amides is 2. The van der Waals surface area contributed by atoms with Gasteiger partial charge >= 0.3 is 0 Å². The molecule has 7 heteroatoms. The van der Waals surface area contributed by atoms with Crippen molar-refractivity contribution in [3.8, 4) is 5.75 Å². The molecule has 0 aliphatic carbocycles. The van der Waals surface area contributed by atoms with Crippen molar-refractivity contribution in [2.24, 2.45) is 0 Å². The van der Waals surface area contributed by atoms with Crippen molar-refractivity contribution in [3.05, 3.63) is 59.9 Å². The number of thioether (sulfide) groups is 1. The van der Waals surface area contributed by atoms with Crippen LogP contribution in [0.3, 0.4) is 0 Å². The molecule has 0 aromatic heterocycles. The van der Waals surface area contributed by atoms with Crippen LogP contribution in [0.1, 0.15) is 24.9 Å². The van der Waals surface area contributed by atoms with Gasteiger partial charge in [-0.3, -0.25) is 9.59 Å². The molecule has 0 unspecified atom stereocenters. The second kappa shape index (κ2) is 8.90. The van der Waals surface area contributed by atoms with Gasteiger partial charge in [-0.2, -0.15) is 0 Å². The Morgan fingerprint density at radius 3 is 2.74 bits per heavy atom. The van der Waals surface area contributed by atoms with Crippen molar-refractivity contribution in [2.75, 3.05) is 17.7 Å². The average Bonchev–Trinajstić information content (AvgIpc) is 2.68. The van der Waals surface area contributed by atoms with Gasteiger partial charge in [-0.1, -0.05) is 18.2 Å². The van der Waals surface area contributed by atoms with E-state index in [2.05, 4.69) is 10.6 Å². The Labute approximate surface area is 161 Å². The summed E-state index contributed by atoms with van der Waals surface area (Å²) >= 11 is 1.26. The van der Waals surface area contributed by atoms with Crippen molar-refractivity contribution in [2.45, 2.75) is 24.6 Å². The maximum Gasteiger partial charge on any atom is 0.234 e. The molecule has 2 aromatic rings. The molecule has 0 radical (unpaired) electrons. The lowest BCUT2D eigenvalue weighted by atomic mass is 10.0. The number of halogens is 1. The van der Waals surface area contributed by atoms with E-state index >= 15 is 0 Å². The second-order valence-electron chi connectivity index (χ2n) is 6.24. The van der Waals surface area contributed by atoms with Crippen molar-refractivity contribution < 1.29 is 18.7 Å². The molecule has 5 nitrogen and oxygen atoms in total. The van der Waals surface area contributed by atoms with E-state index in [1.807, 2.05) is 24.3 Å². The lowest BCUT2D eigenvalue weighted by molar-refractivity contribution is -0.121. The number of hydrogen-bond acceptors (Lipinski definition) is 4. The first-order valence-electron chi connectivity index (χ1n) is 8.72. The van der Waals surface area contributed by atoms with Crippen molar-refractivity contribution >= 4 is 29.3 Å². The summed E-state index contributed by atoms with van der Waals surface area (Å²) in [6, 6.07) is 13.1. The number of para-hydroxylation sites is 1. The number of nitrogens with one attached hydrogen (secondary N) is 2. The molecule has 0 saturated carbocycles. The number of rotatable bonds is 6. The molecule has 27 heavy (non-hydrogen) atoms. The zero-order valence-corrected chi connectivity index (χ0v) is 15.7. The first-order valence-corrected chi connectivity index (χ1v) is 9.77. The molecule has 0 spiro atoms. The van der Waals surface area contributed by atoms with Gasteiger partial charge in [-0.25, -0.2) is 4.39 Å². The van der Waals surface area contributed by atoms with Gasteiger partial charge in [0, 0.05) is 17.7 Å². The van der Waals surface area contributed by atoms with Crippen LogP contribution in [0.4, 0.5) is 10.1 Å². The summed E-state index contributed by atoms with van der Waals surface area (Å²) in [6.07, 6.45) is 0.713. The van der Waals surface area contributed by atoms with Gasteiger partial charge < -0.3 is 15.4 Å². The number of benzene rings is 2. The van der Waals surface area contributed by atoms with Crippen molar-refractivity contribution in [1.29, 1.82) is 0 Å². The van der Waals surface area contributed by atoms with E-state index in [1.54, 1.807) is 6.92 Å². The molecular formula is C20H21FN2O3S. The Kier molecular flexibility index (Phi) is 6.34. The maximum atomic E-state index is 12.9. The highest BCUT2D eigenvalue weighted by Crippen LogP contribution is 2.31. The van der Waals surface area contributed by atoms with Gasteiger partial charge in [-0.05, 0) is 37.3 Å². The normalized spacial score (nSPS) is 16.6. The highest BCUT2D eigenvalue weighted by Gasteiger charge is 2.25. The molecule has 2 atom stereocenters. The number of carbonyl (C=O) groups is 2. The Balaban J connectivity index is 1.48. The van der Waals surface area contributed by atoms with E-state index < -0.39 is 0 Å². The van der Waals surface area contributed by atoms with Gasteiger partial charge in [-0.15, -0.1) is 11.8 Å². The lowest BCUT2D eigenvalue weighted by Gasteiger charge is -2.27. The molecule has 0 bridgehead atoms. The smallest absolute Gasteiger partial charge is 0.234 e. The van der Waals surface area contributed by atoms with Crippen LogP contribution >= 0.6 is 11.8 Å². The summed E-state index contributed by atoms with van der Waals surface area (Å²) in [6.45, 7) is 2.33. The molecule has 1 aliphatic heterocycles. The first-order chi connectivity index (χ1) is 13.0. The third kappa shape index (κ3) is 5.23. The molecule has 142 valence electrons. The largest absolute Gasteiger partial charge is 0.493 e. The summed E-state index contributed by atoms with van der Waals surface area (Å²) in [4.78, 5) is 24.5. The zero-order valence-electron chi connectivity index (χ0n) is 14.9. The molecule has 0 fully saturated rings. The number of anilines is 1. The predicted octanol–water partition coefficient (Wildman–Crippen LogP) is 3.53. The number of ether oxygens (including phenoxy) is 1.